The fourth-order valence-corrected chi connectivity index (χ4v) is 2.93. The minimum absolute atomic E-state index is 0.186. The normalized spacial score (nSPS) is 25.0. The Morgan fingerprint density at radius 3 is 2.79 bits per heavy atom. The van der Waals surface area contributed by atoms with Crippen molar-refractivity contribution in [3.63, 3.8) is 0 Å². The number of methoxy groups -OCH3 is 1. The second-order valence-corrected chi connectivity index (χ2v) is 5.54. The molecule has 3 atom stereocenters. The molecule has 0 heterocycles. The number of aliphatic hydroxyl groups is 1. The molecule has 1 aromatic carbocycles. The second kappa shape index (κ2) is 6.92. The predicted molar refractivity (Wildman–Crippen MR) is 77.6 cm³/mol. The van der Waals surface area contributed by atoms with Gasteiger partial charge in [-0.05, 0) is 37.8 Å². The van der Waals surface area contributed by atoms with Crippen molar-refractivity contribution in [3.05, 3.63) is 29.8 Å². The van der Waals surface area contributed by atoms with E-state index < -0.39 is 0 Å². The van der Waals surface area contributed by atoms with E-state index in [-0.39, 0.29) is 12.1 Å². The van der Waals surface area contributed by atoms with Crippen molar-refractivity contribution in [2.24, 2.45) is 0 Å². The van der Waals surface area contributed by atoms with E-state index in [1.165, 1.54) is 12.0 Å². The van der Waals surface area contributed by atoms with Gasteiger partial charge in [0, 0.05) is 12.1 Å². The molecule has 0 bridgehead atoms. The van der Waals surface area contributed by atoms with Crippen LogP contribution >= 0.6 is 0 Å². The molecule has 0 aliphatic heterocycles. The maximum absolute atomic E-state index is 10.00. The van der Waals surface area contributed by atoms with Crippen LogP contribution in [0.5, 0.6) is 5.75 Å². The molecule has 1 aromatic rings. The number of aliphatic hydroxyl groups excluding tert-OH is 1. The van der Waals surface area contributed by atoms with Gasteiger partial charge in [0.2, 0.25) is 0 Å². The van der Waals surface area contributed by atoms with Gasteiger partial charge in [-0.3, -0.25) is 0 Å². The molecule has 2 rings (SSSR count). The first kappa shape index (κ1) is 14.4. The monoisotopic (exact) mass is 263 g/mol. The molecule has 3 nitrogen and oxygen atoms in total. The Morgan fingerprint density at radius 2 is 2.05 bits per heavy atom. The first-order valence-electron chi connectivity index (χ1n) is 7.26. The summed E-state index contributed by atoms with van der Waals surface area (Å²) in [6, 6.07) is 8.73. The topological polar surface area (TPSA) is 41.5 Å². The Labute approximate surface area is 116 Å². The van der Waals surface area contributed by atoms with Crippen LogP contribution in [-0.2, 0) is 6.42 Å². The summed E-state index contributed by atoms with van der Waals surface area (Å²) in [5.74, 6) is 0.945. The maximum atomic E-state index is 10.00. The summed E-state index contributed by atoms with van der Waals surface area (Å²) in [7, 11) is 1.71. The maximum Gasteiger partial charge on any atom is 0.122 e. The van der Waals surface area contributed by atoms with Crippen LogP contribution in [0.3, 0.4) is 0 Å². The smallest absolute Gasteiger partial charge is 0.122 e. The molecule has 1 saturated carbocycles. The van der Waals surface area contributed by atoms with Crippen LogP contribution in [0, 0.1) is 0 Å². The van der Waals surface area contributed by atoms with Crippen molar-refractivity contribution in [2.45, 2.75) is 57.2 Å². The average molecular weight is 263 g/mol. The predicted octanol–water partition coefficient (Wildman–Crippen LogP) is 2.52. The van der Waals surface area contributed by atoms with Crippen molar-refractivity contribution in [3.8, 4) is 5.75 Å². The largest absolute Gasteiger partial charge is 0.496 e. The lowest BCUT2D eigenvalue weighted by atomic mass is 9.91. The highest BCUT2D eigenvalue weighted by atomic mass is 16.5. The van der Waals surface area contributed by atoms with E-state index in [2.05, 4.69) is 18.3 Å². The van der Waals surface area contributed by atoms with Crippen LogP contribution in [0.1, 0.15) is 38.2 Å². The fourth-order valence-electron chi connectivity index (χ4n) is 2.93. The molecule has 0 spiro atoms. The van der Waals surface area contributed by atoms with Gasteiger partial charge in [0.1, 0.15) is 5.75 Å². The van der Waals surface area contributed by atoms with E-state index in [0.29, 0.717) is 6.04 Å². The zero-order valence-corrected chi connectivity index (χ0v) is 11.9. The summed E-state index contributed by atoms with van der Waals surface area (Å²) in [6.45, 7) is 2.17. The summed E-state index contributed by atoms with van der Waals surface area (Å²) in [6.07, 6.45) is 5.12. The van der Waals surface area contributed by atoms with Crippen LogP contribution in [0.4, 0.5) is 0 Å². The van der Waals surface area contributed by atoms with Crippen LogP contribution < -0.4 is 10.1 Å². The van der Waals surface area contributed by atoms with Crippen LogP contribution in [0.2, 0.25) is 0 Å². The highest BCUT2D eigenvalue weighted by Crippen LogP contribution is 2.21. The molecule has 1 aliphatic carbocycles. The first-order chi connectivity index (χ1) is 9.20. The minimum Gasteiger partial charge on any atom is -0.496 e. The van der Waals surface area contributed by atoms with E-state index in [1.807, 2.05) is 18.2 Å². The summed E-state index contributed by atoms with van der Waals surface area (Å²) in [5.41, 5.74) is 1.22. The van der Waals surface area contributed by atoms with Gasteiger partial charge in [-0.1, -0.05) is 31.0 Å². The van der Waals surface area contributed by atoms with Gasteiger partial charge in [0.15, 0.2) is 0 Å². The van der Waals surface area contributed by atoms with Crippen LogP contribution in [0.15, 0.2) is 24.3 Å². The SMILES string of the molecule is COc1ccccc1C[C@H](C)N[C@@H]1CCCC[C@H]1O. The molecular formula is C16H25NO2. The van der Waals surface area contributed by atoms with Gasteiger partial charge < -0.3 is 15.2 Å². The Balaban J connectivity index is 1.91. The van der Waals surface area contributed by atoms with Crippen molar-refractivity contribution in [1.82, 2.24) is 5.32 Å². The molecule has 0 aromatic heterocycles. The lowest BCUT2D eigenvalue weighted by molar-refractivity contribution is 0.0859. The van der Waals surface area contributed by atoms with E-state index in [4.69, 9.17) is 4.74 Å². The summed E-state index contributed by atoms with van der Waals surface area (Å²) in [5, 5.41) is 13.6. The van der Waals surface area contributed by atoms with Gasteiger partial charge in [-0.2, -0.15) is 0 Å². The van der Waals surface area contributed by atoms with E-state index in [0.717, 1.165) is 31.4 Å². The molecule has 0 saturated heterocycles. The number of rotatable bonds is 5. The summed E-state index contributed by atoms with van der Waals surface area (Å²) in [4.78, 5) is 0. The third-order valence-corrected chi connectivity index (χ3v) is 3.95. The van der Waals surface area contributed by atoms with Crippen molar-refractivity contribution in [1.29, 1.82) is 0 Å². The number of nitrogens with one attached hydrogen (secondary N) is 1. The van der Waals surface area contributed by atoms with Gasteiger partial charge in [-0.25, -0.2) is 0 Å². The molecule has 0 radical (unpaired) electrons. The fraction of sp³-hybridized carbons (Fsp3) is 0.625. The second-order valence-electron chi connectivity index (χ2n) is 5.54. The zero-order chi connectivity index (χ0) is 13.7. The van der Waals surface area contributed by atoms with Gasteiger partial charge in [-0.15, -0.1) is 0 Å². The molecule has 2 N–H and O–H groups in total. The first-order valence-corrected chi connectivity index (χ1v) is 7.26. The molecule has 3 heteroatoms. The molecule has 1 fully saturated rings. The summed E-state index contributed by atoms with van der Waals surface area (Å²) < 4.78 is 5.38. The lowest BCUT2D eigenvalue weighted by Gasteiger charge is -2.31. The van der Waals surface area contributed by atoms with Crippen molar-refractivity contribution < 1.29 is 9.84 Å². The van der Waals surface area contributed by atoms with Crippen LogP contribution in [0.25, 0.3) is 0 Å². The third-order valence-electron chi connectivity index (χ3n) is 3.95. The number of ether oxygens (including phenoxy) is 1. The molecule has 106 valence electrons. The highest BCUT2D eigenvalue weighted by molar-refractivity contribution is 5.33. The molecule has 0 amide bonds. The van der Waals surface area contributed by atoms with Crippen LogP contribution in [-0.4, -0.2) is 30.4 Å². The Kier molecular flexibility index (Phi) is 5.23. The van der Waals surface area contributed by atoms with E-state index in [1.54, 1.807) is 7.11 Å². The van der Waals surface area contributed by atoms with Gasteiger partial charge >= 0.3 is 0 Å². The molecule has 19 heavy (non-hydrogen) atoms. The van der Waals surface area contributed by atoms with Gasteiger partial charge in [0.25, 0.3) is 0 Å². The minimum atomic E-state index is -0.186. The van der Waals surface area contributed by atoms with Crippen molar-refractivity contribution >= 4 is 0 Å². The Bertz CT molecular complexity index is 394. The molecular weight excluding hydrogens is 238 g/mol. The van der Waals surface area contributed by atoms with E-state index in [9.17, 15) is 5.11 Å². The third kappa shape index (κ3) is 3.95. The average Bonchev–Trinajstić information content (AvgIpc) is 2.42. The van der Waals surface area contributed by atoms with Crippen molar-refractivity contribution in [2.75, 3.05) is 7.11 Å². The van der Waals surface area contributed by atoms with E-state index >= 15 is 0 Å². The number of para-hydroxylation sites is 1. The number of benzene rings is 1. The number of hydrogen-bond acceptors (Lipinski definition) is 3. The molecule has 0 unspecified atom stereocenters. The number of hydrogen-bond donors (Lipinski definition) is 2. The highest BCUT2D eigenvalue weighted by Gasteiger charge is 2.24. The Morgan fingerprint density at radius 1 is 1.32 bits per heavy atom. The van der Waals surface area contributed by atoms with Gasteiger partial charge in [0.05, 0.1) is 13.2 Å². The zero-order valence-electron chi connectivity index (χ0n) is 11.9. The quantitative estimate of drug-likeness (QED) is 0.857. The standard InChI is InChI=1S/C16H25NO2/c1-12(17-14-8-4-5-9-15(14)18)11-13-7-3-6-10-16(13)19-2/h3,6-7,10,12,14-15,17-18H,4-5,8-9,11H2,1-2H3/t12-,14+,15+/m0/s1. The Hall–Kier alpha value is -1.06. The molecule has 1 aliphatic rings. The lowest BCUT2D eigenvalue weighted by Crippen LogP contribution is -2.46. The summed E-state index contributed by atoms with van der Waals surface area (Å²) >= 11 is 0.